The zero-order valence-corrected chi connectivity index (χ0v) is 10.4. The molecule has 1 aromatic carbocycles. The lowest BCUT2D eigenvalue weighted by atomic mass is 9.95. The van der Waals surface area contributed by atoms with E-state index in [-0.39, 0.29) is 0 Å². The highest BCUT2D eigenvalue weighted by Crippen LogP contribution is 2.30. The second-order valence-electron chi connectivity index (χ2n) is 4.43. The van der Waals surface area contributed by atoms with Crippen LogP contribution in [0.2, 0.25) is 0 Å². The minimum atomic E-state index is 1.16. The quantitative estimate of drug-likeness (QED) is 0.642. The molecule has 0 amide bonds. The van der Waals surface area contributed by atoms with E-state index in [9.17, 15) is 0 Å². The maximum absolute atomic E-state index is 4.59. The number of aryl methyl sites for hydroxylation is 4. The highest BCUT2D eigenvalue weighted by molar-refractivity contribution is 5.89. The predicted octanol–water partition coefficient (Wildman–Crippen LogP) is 3.12. The number of nitrogens with zero attached hydrogens (tertiary/aromatic N) is 2. The lowest BCUT2D eigenvalue weighted by Crippen LogP contribution is -1.93. The summed E-state index contributed by atoms with van der Waals surface area (Å²) >= 11 is 0. The monoisotopic (exact) mass is 202 g/mol. The molecule has 0 aliphatic heterocycles. The fourth-order valence-corrected chi connectivity index (χ4v) is 2.25. The first-order valence-electron chi connectivity index (χ1n) is 5.34. The minimum Gasteiger partial charge on any atom is -0.272 e. The summed E-state index contributed by atoms with van der Waals surface area (Å²) in [4.78, 5) is 0. The molecular formula is C13H18N2. The first-order chi connectivity index (χ1) is 6.95. The van der Waals surface area contributed by atoms with Gasteiger partial charge in [0.1, 0.15) is 0 Å². The van der Waals surface area contributed by atoms with Gasteiger partial charge in [-0.3, -0.25) is 4.68 Å². The maximum atomic E-state index is 4.59. The van der Waals surface area contributed by atoms with Gasteiger partial charge < -0.3 is 0 Å². The Morgan fingerprint density at radius 2 is 1.33 bits per heavy atom. The molecule has 2 nitrogen and oxygen atoms in total. The van der Waals surface area contributed by atoms with Gasteiger partial charge in [0.25, 0.3) is 0 Å². The van der Waals surface area contributed by atoms with Crippen molar-refractivity contribution in [3.05, 3.63) is 27.9 Å². The zero-order valence-electron chi connectivity index (χ0n) is 10.4. The number of hydrogen-bond donors (Lipinski definition) is 0. The summed E-state index contributed by atoms with van der Waals surface area (Å²) < 4.78 is 1.98. The van der Waals surface area contributed by atoms with E-state index >= 15 is 0 Å². The Hall–Kier alpha value is -1.31. The summed E-state index contributed by atoms with van der Waals surface area (Å²) in [5.41, 5.74) is 7.88. The smallest absolute Gasteiger partial charge is 0.0960 e. The topological polar surface area (TPSA) is 17.8 Å². The van der Waals surface area contributed by atoms with Crippen LogP contribution in [0, 0.1) is 34.6 Å². The molecule has 1 heterocycles. The molecule has 2 heteroatoms. The average Bonchev–Trinajstić information content (AvgIpc) is 2.50. The van der Waals surface area contributed by atoms with Crippen molar-refractivity contribution in [2.75, 3.05) is 0 Å². The fourth-order valence-electron chi connectivity index (χ4n) is 2.25. The lowest BCUT2D eigenvalue weighted by Gasteiger charge is -2.10. The highest BCUT2D eigenvalue weighted by atomic mass is 15.3. The van der Waals surface area contributed by atoms with Gasteiger partial charge in [-0.05, 0) is 56.9 Å². The van der Waals surface area contributed by atoms with Gasteiger partial charge in [0.15, 0.2) is 0 Å². The van der Waals surface area contributed by atoms with E-state index in [2.05, 4.69) is 39.7 Å². The third kappa shape index (κ3) is 1.21. The van der Waals surface area contributed by atoms with E-state index in [0.717, 1.165) is 5.52 Å². The summed E-state index contributed by atoms with van der Waals surface area (Å²) in [5.74, 6) is 0. The molecule has 1 aromatic heterocycles. The number of hydrogen-bond acceptors (Lipinski definition) is 1. The molecule has 0 radical (unpaired) electrons. The molecule has 2 aromatic rings. The van der Waals surface area contributed by atoms with Crippen molar-refractivity contribution in [2.45, 2.75) is 34.6 Å². The van der Waals surface area contributed by atoms with E-state index in [0.29, 0.717) is 0 Å². The molecule has 0 atom stereocenters. The predicted molar refractivity (Wildman–Crippen MR) is 64.4 cm³/mol. The van der Waals surface area contributed by atoms with Crippen molar-refractivity contribution in [1.82, 2.24) is 9.78 Å². The van der Waals surface area contributed by atoms with Gasteiger partial charge >= 0.3 is 0 Å². The van der Waals surface area contributed by atoms with Crippen LogP contribution in [0.4, 0.5) is 0 Å². The molecule has 0 aliphatic carbocycles. The minimum absolute atomic E-state index is 1.16. The van der Waals surface area contributed by atoms with Gasteiger partial charge in [-0.25, -0.2) is 0 Å². The Morgan fingerprint density at radius 1 is 0.800 bits per heavy atom. The molecule has 80 valence electrons. The first kappa shape index (κ1) is 10.2. The van der Waals surface area contributed by atoms with Crippen molar-refractivity contribution in [2.24, 2.45) is 7.05 Å². The van der Waals surface area contributed by atoms with Gasteiger partial charge in [-0.1, -0.05) is 0 Å². The Kier molecular flexibility index (Phi) is 2.10. The van der Waals surface area contributed by atoms with Crippen LogP contribution in [0.3, 0.4) is 0 Å². The van der Waals surface area contributed by atoms with Crippen LogP contribution in [-0.2, 0) is 7.05 Å². The average molecular weight is 202 g/mol. The van der Waals surface area contributed by atoms with Crippen LogP contribution in [0.15, 0.2) is 0 Å². The maximum Gasteiger partial charge on any atom is 0.0960 e. The van der Waals surface area contributed by atoms with Crippen LogP contribution >= 0.6 is 0 Å². The summed E-state index contributed by atoms with van der Waals surface area (Å²) in [5, 5.41) is 5.92. The summed E-state index contributed by atoms with van der Waals surface area (Å²) in [6.07, 6.45) is 0. The molecule has 0 fully saturated rings. The first-order valence-corrected chi connectivity index (χ1v) is 5.34. The van der Waals surface area contributed by atoms with E-state index in [4.69, 9.17) is 0 Å². The third-order valence-electron chi connectivity index (χ3n) is 3.75. The molecule has 0 spiro atoms. The molecular weight excluding hydrogens is 184 g/mol. The largest absolute Gasteiger partial charge is 0.272 e. The SMILES string of the molecule is Cc1c(C)c(C)c2c(C)n(C)nc2c1C. The summed E-state index contributed by atoms with van der Waals surface area (Å²) in [6, 6.07) is 0. The fraction of sp³-hybridized carbons (Fsp3) is 0.462. The van der Waals surface area contributed by atoms with Crippen molar-refractivity contribution in [1.29, 1.82) is 0 Å². The van der Waals surface area contributed by atoms with Crippen molar-refractivity contribution in [3.63, 3.8) is 0 Å². The number of fused-ring (bicyclic) bond motifs is 1. The van der Waals surface area contributed by atoms with Crippen LogP contribution in [0.5, 0.6) is 0 Å². The molecule has 15 heavy (non-hydrogen) atoms. The molecule has 0 saturated carbocycles. The molecule has 0 aliphatic rings. The Morgan fingerprint density at radius 3 is 1.93 bits per heavy atom. The van der Waals surface area contributed by atoms with Gasteiger partial charge in [-0.15, -0.1) is 0 Å². The van der Waals surface area contributed by atoms with Gasteiger partial charge in [-0.2, -0.15) is 5.10 Å². The molecule has 2 rings (SSSR count). The van der Waals surface area contributed by atoms with Crippen LogP contribution in [0.1, 0.15) is 27.9 Å². The van der Waals surface area contributed by atoms with Gasteiger partial charge in [0, 0.05) is 18.1 Å². The number of benzene rings is 1. The van der Waals surface area contributed by atoms with E-state index in [1.807, 2.05) is 11.7 Å². The normalized spacial score (nSPS) is 11.3. The van der Waals surface area contributed by atoms with Gasteiger partial charge in [0.2, 0.25) is 0 Å². The summed E-state index contributed by atoms with van der Waals surface area (Å²) in [7, 11) is 2.01. The van der Waals surface area contributed by atoms with Gasteiger partial charge in [0.05, 0.1) is 5.52 Å². The van der Waals surface area contributed by atoms with Crippen molar-refractivity contribution < 1.29 is 0 Å². The second kappa shape index (κ2) is 3.09. The Bertz CT molecular complexity index is 548. The molecule has 0 unspecified atom stereocenters. The van der Waals surface area contributed by atoms with Crippen LogP contribution in [0.25, 0.3) is 10.9 Å². The molecule has 0 bridgehead atoms. The Balaban J connectivity index is 3.07. The van der Waals surface area contributed by atoms with E-state index in [1.165, 1.54) is 33.3 Å². The lowest BCUT2D eigenvalue weighted by molar-refractivity contribution is 0.750. The van der Waals surface area contributed by atoms with E-state index < -0.39 is 0 Å². The number of rotatable bonds is 0. The van der Waals surface area contributed by atoms with Crippen LogP contribution < -0.4 is 0 Å². The van der Waals surface area contributed by atoms with Crippen LogP contribution in [-0.4, -0.2) is 9.78 Å². The Labute approximate surface area is 90.9 Å². The highest BCUT2D eigenvalue weighted by Gasteiger charge is 2.14. The van der Waals surface area contributed by atoms with Crippen molar-refractivity contribution >= 4 is 10.9 Å². The standard InChI is InChI=1S/C13H18N2/c1-7-8(2)10(4)13-12(9(7)3)11(5)15(6)14-13/h1-6H3. The zero-order chi connectivity index (χ0) is 11.3. The third-order valence-corrected chi connectivity index (χ3v) is 3.75. The van der Waals surface area contributed by atoms with Crippen molar-refractivity contribution in [3.8, 4) is 0 Å². The van der Waals surface area contributed by atoms with E-state index in [1.54, 1.807) is 0 Å². The molecule has 0 saturated heterocycles. The number of aromatic nitrogens is 2. The summed E-state index contributed by atoms with van der Waals surface area (Å²) in [6.45, 7) is 10.9. The molecule has 0 N–H and O–H groups in total. The second-order valence-corrected chi connectivity index (χ2v) is 4.43.